The predicted octanol–water partition coefficient (Wildman–Crippen LogP) is -1.43. The van der Waals surface area contributed by atoms with E-state index in [1.54, 1.807) is 0 Å². The van der Waals surface area contributed by atoms with Crippen LogP contribution in [-0.4, -0.2) is 0 Å². The zero-order valence-corrected chi connectivity index (χ0v) is 22.4. The summed E-state index contributed by atoms with van der Waals surface area (Å²) in [7, 11) is 0. The minimum Gasteiger partial charge on any atom is -1.00 e. The molecular weight excluding hydrogens is 467 g/mol. The summed E-state index contributed by atoms with van der Waals surface area (Å²) in [6.07, 6.45) is 3.59. The molecule has 0 saturated heterocycles. The third kappa shape index (κ3) is 4.50. The summed E-state index contributed by atoms with van der Waals surface area (Å²) < 4.78 is -0.0148. The van der Waals surface area contributed by atoms with E-state index >= 15 is 0 Å². The predicted molar refractivity (Wildman–Crippen MR) is 113 cm³/mol. The molecule has 2 aromatic carbocycles. The van der Waals surface area contributed by atoms with Crippen molar-refractivity contribution >= 4 is 0 Å². The smallest absolute Gasteiger partial charge is 1.00 e. The van der Waals surface area contributed by atoms with Crippen molar-refractivity contribution in [2.45, 2.75) is 63.0 Å². The van der Waals surface area contributed by atoms with Gasteiger partial charge in [0.05, 0.1) is 0 Å². The second-order valence-electron chi connectivity index (χ2n) is 7.99. The standard InChI is InChI=1S/C26H31.3ClH.Ti/c1-6-7-18-26(23-14-10-8-11-15-23,24-16-12-9-13-17-24)25-21(4)19(2)20(3)22(25)5;;;;/h8-17H,6-7,18H2,1-5H3;3*1H;/q;;;;+3/p-3. The molecule has 0 atom stereocenters. The summed E-state index contributed by atoms with van der Waals surface area (Å²) in [6.45, 7) is 11.6. The van der Waals surface area contributed by atoms with Crippen LogP contribution in [0.2, 0.25) is 3.72 Å². The van der Waals surface area contributed by atoms with Crippen LogP contribution in [0.15, 0.2) is 83.0 Å². The van der Waals surface area contributed by atoms with Gasteiger partial charge in [0.25, 0.3) is 0 Å². The van der Waals surface area contributed by atoms with Crippen LogP contribution in [0.1, 0.15) is 65.0 Å². The van der Waals surface area contributed by atoms with Crippen molar-refractivity contribution in [1.82, 2.24) is 0 Å². The molecule has 2 aromatic rings. The summed E-state index contributed by atoms with van der Waals surface area (Å²) >= 11 is 2.49. The number of rotatable bonds is 6. The molecule has 0 nitrogen and oxygen atoms in total. The molecule has 0 aliphatic heterocycles. The van der Waals surface area contributed by atoms with E-state index in [1.807, 2.05) is 0 Å². The summed E-state index contributed by atoms with van der Waals surface area (Å²) in [5.74, 6) is 0. The first-order valence-electron chi connectivity index (χ1n) is 10.1. The van der Waals surface area contributed by atoms with Crippen molar-refractivity contribution in [2.24, 2.45) is 0 Å². The zero-order chi connectivity index (χ0) is 19.7. The minimum absolute atomic E-state index is 0. The Hall–Kier alpha value is -0.496. The molecule has 4 heteroatoms. The van der Waals surface area contributed by atoms with Crippen LogP contribution in [0.4, 0.5) is 0 Å². The van der Waals surface area contributed by atoms with E-state index < -0.39 is 0 Å². The summed E-state index contributed by atoms with van der Waals surface area (Å²) in [5.41, 5.74) is 8.83. The zero-order valence-electron chi connectivity index (χ0n) is 18.5. The van der Waals surface area contributed by atoms with Gasteiger partial charge >= 0.3 is 178 Å². The maximum atomic E-state index is 2.49. The summed E-state index contributed by atoms with van der Waals surface area (Å²) in [6, 6.07) is 22.5. The Kier molecular flexibility index (Phi) is 11.7. The van der Waals surface area contributed by atoms with Crippen LogP contribution in [0.5, 0.6) is 0 Å². The van der Waals surface area contributed by atoms with Gasteiger partial charge in [-0.2, -0.15) is 0 Å². The first-order valence-corrected chi connectivity index (χ1v) is 10.9. The molecule has 0 bridgehead atoms. The van der Waals surface area contributed by atoms with Crippen LogP contribution in [-0.2, 0) is 25.9 Å². The molecule has 0 aromatic heterocycles. The maximum absolute atomic E-state index is 2.49. The number of hydrogen-bond donors (Lipinski definition) is 0. The van der Waals surface area contributed by atoms with Crippen molar-refractivity contribution in [3.05, 3.63) is 94.1 Å². The maximum Gasteiger partial charge on any atom is -1.00 e. The van der Waals surface area contributed by atoms with Gasteiger partial charge in [-0.25, -0.2) is 0 Å². The molecule has 3 rings (SSSR count). The number of hydrogen-bond acceptors (Lipinski definition) is 0. The second-order valence-corrected chi connectivity index (χ2v) is 9.16. The fourth-order valence-corrected chi connectivity index (χ4v) is 6.24. The third-order valence-corrected chi connectivity index (χ3v) is 8.73. The molecule has 0 fully saturated rings. The van der Waals surface area contributed by atoms with Gasteiger partial charge in [0.1, 0.15) is 0 Å². The van der Waals surface area contributed by atoms with Gasteiger partial charge in [0.2, 0.25) is 0 Å². The molecule has 0 spiro atoms. The van der Waals surface area contributed by atoms with Gasteiger partial charge in [0, 0.05) is 0 Å². The first kappa shape index (κ1) is 29.5. The molecule has 0 saturated carbocycles. The SMILES string of the molecule is CCCCC(c1ccccc1)(c1ccccc1)[C]1([Ti+3])C(C)=C(C)C(C)=C1C.[Cl-].[Cl-].[Cl-]. The van der Waals surface area contributed by atoms with Crippen LogP contribution < -0.4 is 37.2 Å². The van der Waals surface area contributed by atoms with Gasteiger partial charge in [-0.05, 0) is 0 Å². The van der Waals surface area contributed by atoms with Crippen LogP contribution in [0.25, 0.3) is 0 Å². The van der Waals surface area contributed by atoms with Crippen LogP contribution >= 0.6 is 0 Å². The molecule has 0 N–H and O–H groups in total. The second kappa shape index (κ2) is 11.9. The Bertz CT molecular complexity index is 806. The fourth-order valence-electron chi connectivity index (χ4n) is 5.01. The van der Waals surface area contributed by atoms with E-state index in [0.29, 0.717) is 0 Å². The largest absolute Gasteiger partial charge is 1.00 e. The van der Waals surface area contributed by atoms with E-state index in [1.165, 1.54) is 46.3 Å². The van der Waals surface area contributed by atoms with Crippen molar-refractivity contribution in [3.8, 4) is 0 Å². The van der Waals surface area contributed by atoms with Crippen LogP contribution in [0, 0.1) is 0 Å². The van der Waals surface area contributed by atoms with E-state index in [4.69, 9.17) is 0 Å². The molecule has 0 radical (unpaired) electrons. The number of unbranched alkanes of at least 4 members (excludes halogenated alkanes) is 1. The van der Waals surface area contributed by atoms with E-state index in [-0.39, 0.29) is 46.4 Å². The molecule has 1 aliphatic rings. The Morgan fingerprint density at radius 2 is 1.07 bits per heavy atom. The van der Waals surface area contributed by atoms with Crippen molar-refractivity contribution in [3.63, 3.8) is 0 Å². The Morgan fingerprint density at radius 1 is 0.700 bits per heavy atom. The Labute approximate surface area is 213 Å². The quantitative estimate of drug-likeness (QED) is 0.430. The number of halogens is 3. The van der Waals surface area contributed by atoms with E-state index in [0.717, 1.165) is 6.42 Å². The fraction of sp³-hybridized carbons (Fsp3) is 0.385. The van der Waals surface area contributed by atoms with Gasteiger partial charge in [-0.1, -0.05) is 0 Å². The van der Waals surface area contributed by atoms with Gasteiger partial charge in [-0.3, -0.25) is 0 Å². The molecule has 0 amide bonds. The van der Waals surface area contributed by atoms with Gasteiger partial charge < -0.3 is 37.2 Å². The van der Waals surface area contributed by atoms with Gasteiger partial charge in [0.15, 0.2) is 0 Å². The summed E-state index contributed by atoms with van der Waals surface area (Å²) in [4.78, 5) is 0. The molecule has 1 aliphatic carbocycles. The third-order valence-electron chi connectivity index (χ3n) is 6.89. The van der Waals surface area contributed by atoms with Gasteiger partial charge in [-0.15, -0.1) is 0 Å². The van der Waals surface area contributed by atoms with Crippen molar-refractivity contribution in [1.29, 1.82) is 0 Å². The van der Waals surface area contributed by atoms with E-state index in [9.17, 15) is 0 Å². The topological polar surface area (TPSA) is 0 Å². The molecule has 30 heavy (non-hydrogen) atoms. The average Bonchev–Trinajstić information content (AvgIpc) is 2.86. The van der Waals surface area contributed by atoms with Crippen LogP contribution in [0.3, 0.4) is 0 Å². The number of allylic oxidation sites excluding steroid dienone is 4. The monoisotopic (exact) mass is 496 g/mol. The Morgan fingerprint density at radius 3 is 1.40 bits per heavy atom. The first-order chi connectivity index (χ1) is 12.9. The normalized spacial score (nSPS) is 15.3. The molecule has 0 heterocycles. The molecular formula is C26H31Cl3Ti. The minimum atomic E-state index is -0.0568. The van der Waals surface area contributed by atoms with E-state index in [2.05, 4.69) is 116 Å². The van der Waals surface area contributed by atoms with Crippen molar-refractivity contribution < 1.29 is 57.7 Å². The molecule has 160 valence electrons. The Balaban J connectivity index is 0.00000280. The summed E-state index contributed by atoms with van der Waals surface area (Å²) in [5, 5.41) is 0. The average molecular weight is 498 g/mol. The molecule has 0 unspecified atom stereocenters. The van der Waals surface area contributed by atoms with Crippen molar-refractivity contribution in [2.75, 3.05) is 0 Å². The number of benzene rings is 2.